The maximum absolute atomic E-state index is 12.5. The molecule has 0 spiro atoms. The molecule has 1 aliphatic heterocycles. The van der Waals surface area contributed by atoms with E-state index < -0.39 is 0 Å². The van der Waals surface area contributed by atoms with Gasteiger partial charge in [0.15, 0.2) is 16.6 Å². The fourth-order valence-electron chi connectivity index (χ4n) is 2.74. The van der Waals surface area contributed by atoms with Crippen molar-refractivity contribution >= 4 is 28.2 Å². The number of hydrogen-bond acceptors (Lipinski definition) is 5. The van der Waals surface area contributed by atoms with Crippen LogP contribution in [0.1, 0.15) is 19.4 Å². The fourth-order valence-corrected chi connectivity index (χ4v) is 2.98. The smallest absolute Gasteiger partial charge is 0.253 e. The van der Waals surface area contributed by atoms with Gasteiger partial charge in [-0.2, -0.15) is 0 Å². The predicted molar refractivity (Wildman–Crippen MR) is 104 cm³/mol. The highest BCUT2D eigenvalue weighted by Gasteiger charge is 2.17. The van der Waals surface area contributed by atoms with Gasteiger partial charge in [0.05, 0.1) is 18.7 Å². The number of nitrogens with zero attached hydrogens (tertiary/aromatic N) is 1. The highest BCUT2D eigenvalue weighted by Crippen LogP contribution is 2.35. The minimum absolute atomic E-state index is 0.0479. The average Bonchev–Trinajstić information content (AvgIpc) is 3.05. The number of aromatic nitrogens is 1. The number of H-pyrrole nitrogens is 1. The molecule has 0 atom stereocenters. The summed E-state index contributed by atoms with van der Waals surface area (Å²) in [5.74, 6) is 1.73. The van der Waals surface area contributed by atoms with E-state index >= 15 is 0 Å². The molecule has 3 rings (SSSR count). The van der Waals surface area contributed by atoms with Crippen LogP contribution < -0.4 is 20.3 Å². The van der Waals surface area contributed by atoms with Gasteiger partial charge < -0.3 is 29.8 Å². The maximum Gasteiger partial charge on any atom is 0.253 e. The number of ether oxygens (including phenoxy) is 2. The van der Waals surface area contributed by atoms with Crippen molar-refractivity contribution in [1.29, 1.82) is 0 Å². The van der Waals surface area contributed by atoms with E-state index in [2.05, 4.69) is 24.1 Å². The van der Waals surface area contributed by atoms with E-state index in [0.29, 0.717) is 46.7 Å². The molecule has 1 aromatic carbocycles. The topological polar surface area (TPSA) is 86.8 Å². The van der Waals surface area contributed by atoms with Gasteiger partial charge in [0.1, 0.15) is 0 Å². The third-order valence-corrected chi connectivity index (χ3v) is 4.50. The molecule has 2 heterocycles. The van der Waals surface area contributed by atoms with Crippen molar-refractivity contribution in [2.45, 2.75) is 20.4 Å². The normalized spacial score (nSPS) is 12.6. The minimum Gasteiger partial charge on any atom is -0.454 e. The standard InChI is InChI=1S/C18H23N3O4S/c1-11(2)8-19-18(26)21(3-4-22)9-13-5-12-6-15-16(25-10-24-15)7-14(12)20-17(13)23/h5-7,11,22H,3-4,8-10H2,1-2H3,(H,19,26)(H,20,23). The predicted octanol–water partition coefficient (Wildman–Crippen LogP) is 1.58. The second-order valence-electron chi connectivity index (χ2n) is 6.64. The molecule has 0 bridgehead atoms. The second-order valence-corrected chi connectivity index (χ2v) is 7.03. The van der Waals surface area contributed by atoms with Gasteiger partial charge in [0.25, 0.3) is 5.56 Å². The van der Waals surface area contributed by atoms with Gasteiger partial charge in [0.2, 0.25) is 6.79 Å². The van der Waals surface area contributed by atoms with E-state index in [1.807, 2.05) is 12.1 Å². The number of aliphatic hydroxyl groups is 1. The fraction of sp³-hybridized carbons (Fsp3) is 0.444. The molecule has 0 radical (unpaired) electrons. The van der Waals surface area contributed by atoms with E-state index in [4.69, 9.17) is 21.7 Å². The lowest BCUT2D eigenvalue weighted by atomic mass is 10.1. The summed E-state index contributed by atoms with van der Waals surface area (Å²) < 4.78 is 10.7. The molecule has 26 heavy (non-hydrogen) atoms. The van der Waals surface area contributed by atoms with Crippen LogP contribution in [0, 0.1) is 5.92 Å². The first-order chi connectivity index (χ1) is 12.5. The first-order valence-electron chi connectivity index (χ1n) is 8.57. The van der Waals surface area contributed by atoms with Gasteiger partial charge in [-0.3, -0.25) is 4.79 Å². The summed E-state index contributed by atoms with van der Waals surface area (Å²) in [6.07, 6.45) is 0. The number of benzene rings is 1. The number of aromatic amines is 1. The summed E-state index contributed by atoms with van der Waals surface area (Å²) in [6, 6.07) is 5.44. The molecule has 0 unspecified atom stereocenters. The molecular weight excluding hydrogens is 354 g/mol. The first kappa shape index (κ1) is 18.5. The van der Waals surface area contributed by atoms with Crippen molar-refractivity contribution in [3.8, 4) is 11.5 Å². The van der Waals surface area contributed by atoms with Crippen LogP contribution in [-0.2, 0) is 6.54 Å². The largest absolute Gasteiger partial charge is 0.454 e. The third-order valence-electron chi connectivity index (χ3n) is 4.09. The maximum atomic E-state index is 12.5. The van der Waals surface area contributed by atoms with Gasteiger partial charge in [-0.15, -0.1) is 0 Å². The van der Waals surface area contributed by atoms with Crippen LogP contribution in [-0.4, -0.2) is 46.6 Å². The molecular formula is C18H23N3O4S. The zero-order valence-corrected chi connectivity index (χ0v) is 15.7. The Bertz CT molecular complexity index is 865. The van der Waals surface area contributed by atoms with Crippen molar-refractivity contribution in [1.82, 2.24) is 15.2 Å². The van der Waals surface area contributed by atoms with E-state index in [1.54, 1.807) is 11.0 Å². The number of aliphatic hydroxyl groups excluding tert-OH is 1. The van der Waals surface area contributed by atoms with Crippen LogP contribution in [0.5, 0.6) is 11.5 Å². The third kappa shape index (κ3) is 4.08. The lowest BCUT2D eigenvalue weighted by molar-refractivity contribution is 0.174. The Balaban J connectivity index is 1.85. The second kappa shape index (κ2) is 7.92. The summed E-state index contributed by atoms with van der Waals surface area (Å²) in [6.45, 7) is 5.70. The van der Waals surface area contributed by atoms with Crippen molar-refractivity contribution in [3.63, 3.8) is 0 Å². The highest BCUT2D eigenvalue weighted by molar-refractivity contribution is 7.80. The summed E-state index contributed by atoms with van der Waals surface area (Å²) in [7, 11) is 0. The molecule has 0 saturated heterocycles. The number of thiocarbonyl (C=S) groups is 1. The van der Waals surface area contributed by atoms with E-state index in [9.17, 15) is 9.90 Å². The number of hydrogen-bond donors (Lipinski definition) is 3. The summed E-state index contributed by atoms with van der Waals surface area (Å²) >= 11 is 5.42. The van der Waals surface area contributed by atoms with Crippen LogP contribution in [0.3, 0.4) is 0 Å². The Morgan fingerprint density at radius 3 is 2.77 bits per heavy atom. The molecule has 7 nitrogen and oxygen atoms in total. The zero-order chi connectivity index (χ0) is 18.7. The SMILES string of the molecule is CC(C)CNC(=S)N(CCO)Cc1cc2cc3c(cc2[nH]c1=O)OCO3. The Labute approximate surface area is 156 Å². The molecule has 8 heteroatoms. The lowest BCUT2D eigenvalue weighted by Crippen LogP contribution is -2.42. The molecule has 0 amide bonds. The highest BCUT2D eigenvalue weighted by atomic mass is 32.1. The number of fused-ring (bicyclic) bond motifs is 2. The van der Waals surface area contributed by atoms with Crippen LogP contribution in [0.4, 0.5) is 0 Å². The van der Waals surface area contributed by atoms with Crippen molar-refractivity contribution in [2.24, 2.45) is 5.92 Å². The van der Waals surface area contributed by atoms with Gasteiger partial charge in [-0.25, -0.2) is 0 Å². The number of rotatable bonds is 6. The van der Waals surface area contributed by atoms with E-state index in [-0.39, 0.29) is 19.0 Å². The van der Waals surface area contributed by atoms with E-state index in [0.717, 1.165) is 11.9 Å². The van der Waals surface area contributed by atoms with E-state index in [1.165, 1.54) is 0 Å². The molecule has 1 aliphatic rings. The van der Waals surface area contributed by atoms with Crippen LogP contribution >= 0.6 is 12.2 Å². The van der Waals surface area contributed by atoms with Gasteiger partial charge >= 0.3 is 0 Å². The molecule has 1 aromatic heterocycles. The first-order valence-corrected chi connectivity index (χ1v) is 8.98. The van der Waals surface area contributed by atoms with Crippen LogP contribution in [0.15, 0.2) is 23.0 Å². The Kier molecular flexibility index (Phi) is 5.63. The summed E-state index contributed by atoms with van der Waals surface area (Å²) in [4.78, 5) is 17.2. The molecule has 2 aromatic rings. The zero-order valence-electron chi connectivity index (χ0n) is 14.9. The molecule has 140 valence electrons. The molecule has 0 saturated carbocycles. The van der Waals surface area contributed by atoms with Crippen molar-refractivity contribution in [2.75, 3.05) is 26.5 Å². The van der Waals surface area contributed by atoms with Crippen LogP contribution in [0.25, 0.3) is 10.9 Å². The van der Waals surface area contributed by atoms with Crippen molar-refractivity contribution in [3.05, 3.63) is 34.1 Å². The Hall–Kier alpha value is -2.32. The lowest BCUT2D eigenvalue weighted by Gasteiger charge is -2.25. The Morgan fingerprint density at radius 1 is 1.35 bits per heavy atom. The number of nitrogens with one attached hydrogen (secondary N) is 2. The molecule has 0 fully saturated rings. The quantitative estimate of drug-likeness (QED) is 0.659. The molecule has 3 N–H and O–H groups in total. The van der Waals surface area contributed by atoms with Gasteiger partial charge in [0, 0.05) is 30.1 Å². The van der Waals surface area contributed by atoms with Crippen molar-refractivity contribution < 1.29 is 14.6 Å². The summed E-state index contributed by atoms with van der Waals surface area (Å²) in [5.41, 5.74) is 1.07. The average molecular weight is 377 g/mol. The van der Waals surface area contributed by atoms with Crippen LogP contribution in [0.2, 0.25) is 0 Å². The van der Waals surface area contributed by atoms with Gasteiger partial charge in [-0.1, -0.05) is 13.8 Å². The Morgan fingerprint density at radius 2 is 2.08 bits per heavy atom. The summed E-state index contributed by atoms with van der Waals surface area (Å²) in [5, 5.41) is 13.9. The molecule has 0 aliphatic carbocycles. The monoisotopic (exact) mass is 377 g/mol. The minimum atomic E-state index is -0.189. The number of pyridine rings is 1. The van der Waals surface area contributed by atoms with Gasteiger partial charge in [-0.05, 0) is 30.3 Å².